The van der Waals surface area contributed by atoms with Crippen LogP contribution in [-0.4, -0.2) is 23.2 Å². The van der Waals surface area contributed by atoms with Gasteiger partial charge in [-0.25, -0.2) is 13.1 Å². The maximum Gasteiger partial charge on any atom is 0.242 e. The fourth-order valence-corrected chi connectivity index (χ4v) is 3.42. The summed E-state index contributed by atoms with van der Waals surface area (Å²) in [5, 5.41) is 7.66. The van der Waals surface area contributed by atoms with Crippen molar-refractivity contribution >= 4 is 38.9 Å². The highest BCUT2D eigenvalue weighted by molar-refractivity contribution is 7.89. The number of halogens is 2. The Labute approximate surface area is 132 Å². The molecule has 0 aliphatic heterocycles. The van der Waals surface area contributed by atoms with Gasteiger partial charge in [0.2, 0.25) is 10.0 Å². The Morgan fingerprint density at radius 3 is 2.76 bits per heavy atom. The Bertz CT molecular complexity index is 760. The zero-order valence-corrected chi connectivity index (χ0v) is 13.4. The number of hydrogen-bond acceptors (Lipinski definition) is 5. The molecular formula is C11H13Cl2N5O2S. The minimum Gasteiger partial charge on any atom is -0.396 e. The third-order valence-corrected chi connectivity index (χ3v) is 5.13. The number of nitrogens with one attached hydrogen (secondary N) is 1. The first-order valence-electron chi connectivity index (χ1n) is 5.96. The molecule has 1 heterocycles. The summed E-state index contributed by atoms with van der Waals surface area (Å²) in [6, 6.07) is 2.68. The molecule has 2 rings (SSSR count). The van der Waals surface area contributed by atoms with Crippen LogP contribution in [0.2, 0.25) is 10.0 Å². The first-order chi connectivity index (χ1) is 9.86. The predicted octanol–water partition coefficient (Wildman–Crippen LogP) is 1.67. The van der Waals surface area contributed by atoms with E-state index in [4.69, 9.17) is 28.9 Å². The quantitative estimate of drug-likeness (QED) is 0.799. The van der Waals surface area contributed by atoms with Crippen LogP contribution in [0.4, 0.5) is 5.69 Å². The molecule has 0 fully saturated rings. The monoisotopic (exact) mass is 349 g/mol. The molecule has 0 unspecified atom stereocenters. The van der Waals surface area contributed by atoms with Gasteiger partial charge in [0.05, 0.1) is 22.3 Å². The number of aromatic nitrogens is 3. The lowest BCUT2D eigenvalue weighted by atomic mass is 10.3. The molecule has 0 aliphatic carbocycles. The zero-order chi connectivity index (χ0) is 15.6. The van der Waals surface area contributed by atoms with Gasteiger partial charge in [-0.15, -0.1) is 10.2 Å². The predicted molar refractivity (Wildman–Crippen MR) is 80.6 cm³/mol. The number of anilines is 1. The lowest BCUT2D eigenvalue weighted by Crippen LogP contribution is -2.25. The van der Waals surface area contributed by atoms with E-state index in [-0.39, 0.29) is 27.2 Å². The van der Waals surface area contributed by atoms with Crippen molar-refractivity contribution in [1.82, 2.24) is 19.5 Å². The standard InChI is InChI=1S/C11H13Cl2N5O2S/c1-2-18-6-15-17-9(18)5-16-21(19,20)8-4-3-7(12)11(14)10(8)13/h3-4,6,16H,2,5,14H2,1H3. The van der Waals surface area contributed by atoms with E-state index in [0.717, 1.165) is 0 Å². The number of nitrogens with two attached hydrogens (primary N) is 1. The topological polar surface area (TPSA) is 103 Å². The van der Waals surface area contributed by atoms with Crippen molar-refractivity contribution in [3.63, 3.8) is 0 Å². The number of rotatable bonds is 5. The van der Waals surface area contributed by atoms with E-state index >= 15 is 0 Å². The van der Waals surface area contributed by atoms with Crippen LogP contribution < -0.4 is 10.5 Å². The van der Waals surface area contributed by atoms with Crippen LogP contribution in [0.25, 0.3) is 0 Å². The second-order valence-electron chi connectivity index (χ2n) is 4.13. The molecule has 1 aromatic carbocycles. The van der Waals surface area contributed by atoms with Crippen molar-refractivity contribution in [2.75, 3.05) is 5.73 Å². The van der Waals surface area contributed by atoms with Gasteiger partial charge in [0.25, 0.3) is 0 Å². The molecule has 3 N–H and O–H groups in total. The van der Waals surface area contributed by atoms with Crippen molar-refractivity contribution in [1.29, 1.82) is 0 Å². The Kier molecular flexibility index (Phi) is 4.72. The second kappa shape index (κ2) is 6.18. The number of aryl methyl sites for hydroxylation is 1. The number of benzene rings is 1. The molecule has 0 spiro atoms. The molecule has 0 saturated carbocycles. The largest absolute Gasteiger partial charge is 0.396 e. The van der Waals surface area contributed by atoms with Crippen molar-refractivity contribution in [3.05, 3.63) is 34.3 Å². The van der Waals surface area contributed by atoms with Crippen molar-refractivity contribution in [2.45, 2.75) is 24.9 Å². The number of sulfonamides is 1. The molecule has 10 heteroatoms. The molecule has 0 aliphatic rings. The van der Waals surface area contributed by atoms with E-state index in [1.807, 2.05) is 6.92 Å². The summed E-state index contributed by atoms with van der Waals surface area (Å²) in [6.07, 6.45) is 1.52. The van der Waals surface area contributed by atoms with Gasteiger partial charge in [0.1, 0.15) is 17.0 Å². The van der Waals surface area contributed by atoms with E-state index in [2.05, 4.69) is 14.9 Å². The van der Waals surface area contributed by atoms with E-state index in [1.54, 1.807) is 4.57 Å². The highest BCUT2D eigenvalue weighted by Gasteiger charge is 2.21. The van der Waals surface area contributed by atoms with Gasteiger partial charge in [-0.1, -0.05) is 23.2 Å². The third kappa shape index (κ3) is 3.29. The summed E-state index contributed by atoms with van der Waals surface area (Å²) in [6.45, 7) is 2.53. The smallest absolute Gasteiger partial charge is 0.242 e. The van der Waals surface area contributed by atoms with E-state index < -0.39 is 10.0 Å². The van der Waals surface area contributed by atoms with Crippen LogP contribution in [0.3, 0.4) is 0 Å². The third-order valence-electron chi connectivity index (χ3n) is 2.84. The van der Waals surface area contributed by atoms with Gasteiger partial charge in [-0.05, 0) is 19.1 Å². The van der Waals surface area contributed by atoms with Gasteiger partial charge < -0.3 is 10.3 Å². The summed E-state index contributed by atoms with van der Waals surface area (Å²) >= 11 is 11.7. The number of hydrogen-bond donors (Lipinski definition) is 2. The number of nitrogen functional groups attached to an aromatic ring is 1. The normalized spacial score (nSPS) is 11.8. The zero-order valence-electron chi connectivity index (χ0n) is 11.0. The molecule has 0 atom stereocenters. The summed E-state index contributed by atoms with van der Waals surface area (Å²) < 4.78 is 28.6. The number of nitrogens with zero attached hydrogens (tertiary/aromatic N) is 3. The van der Waals surface area contributed by atoms with Crippen LogP contribution in [0.1, 0.15) is 12.7 Å². The lowest BCUT2D eigenvalue weighted by molar-refractivity contribution is 0.575. The first-order valence-corrected chi connectivity index (χ1v) is 8.20. The van der Waals surface area contributed by atoms with E-state index in [0.29, 0.717) is 12.4 Å². The molecule has 0 radical (unpaired) electrons. The fraction of sp³-hybridized carbons (Fsp3) is 0.273. The molecule has 2 aromatic rings. The average molecular weight is 350 g/mol. The molecule has 21 heavy (non-hydrogen) atoms. The van der Waals surface area contributed by atoms with Gasteiger partial charge in [0.15, 0.2) is 0 Å². The first kappa shape index (κ1) is 16.0. The van der Waals surface area contributed by atoms with Crippen LogP contribution in [0.15, 0.2) is 23.4 Å². The summed E-state index contributed by atoms with van der Waals surface area (Å²) in [5.41, 5.74) is 5.66. The Hall–Kier alpha value is -1.35. The van der Waals surface area contributed by atoms with Gasteiger partial charge in [-0.2, -0.15) is 0 Å². The SMILES string of the molecule is CCn1cnnc1CNS(=O)(=O)c1ccc(Cl)c(N)c1Cl. The summed E-state index contributed by atoms with van der Waals surface area (Å²) in [5.74, 6) is 0.499. The Morgan fingerprint density at radius 2 is 2.10 bits per heavy atom. The molecule has 0 bridgehead atoms. The second-order valence-corrected chi connectivity index (χ2v) is 6.65. The average Bonchev–Trinajstić information content (AvgIpc) is 2.90. The van der Waals surface area contributed by atoms with Crippen LogP contribution in [0.5, 0.6) is 0 Å². The minimum absolute atomic E-state index is 0.00493. The minimum atomic E-state index is -3.83. The highest BCUT2D eigenvalue weighted by atomic mass is 35.5. The highest BCUT2D eigenvalue weighted by Crippen LogP contribution is 2.32. The lowest BCUT2D eigenvalue weighted by Gasteiger charge is -2.10. The molecule has 7 nitrogen and oxygen atoms in total. The Morgan fingerprint density at radius 1 is 1.38 bits per heavy atom. The maximum absolute atomic E-state index is 12.3. The van der Waals surface area contributed by atoms with Crippen LogP contribution >= 0.6 is 23.2 Å². The van der Waals surface area contributed by atoms with Gasteiger partial charge >= 0.3 is 0 Å². The molecule has 0 saturated heterocycles. The van der Waals surface area contributed by atoms with Crippen molar-refractivity contribution in [2.24, 2.45) is 0 Å². The van der Waals surface area contributed by atoms with E-state index in [9.17, 15) is 8.42 Å². The summed E-state index contributed by atoms with van der Waals surface area (Å²) in [7, 11) is -3.83. The van der Waals surface area contributed by atoms with Crippen molar-refractivity contribution in [3.8, 4) is 0 Å². The summed E-state index contributed by atoms with van der Waals surface area (Å²) in [4.78, 5) is -0.131. The maximum atomic E-state index is 12.3. The van der Waals surface area contributed by atoms with Crippen LogP contribution in [-0.2, 0) is 23.1 Å². The van der Waals surface area contributed by atoms with Gasteiger partial charge in [0, 0.05) is 6.54 Å². The Balaban J connectivity index is 2.25. The van der Waals surface area contributed by atoms with Crippen molar-refractivity contribution < 1.29 is 8.42 Å². The fourth-order valence-electron chi connectivity index (χ4n) is 1.67. The molecular weight excluding hydrogens is 337 g/mol. The van der Waals surface area contributed by atoms with Crippen LogP contribution in [0, 0.1) is 0 Å². The van der Waals surface area contributed by atoms with Gasteiger partial charge in [-0.3, -0.25) is 0 Å². The molecule has 114 valence electrons. The van der Waals surface area contributed by atoms with E-state index in [1.165, 1.54) is 18.5 Å². The molecule has 0 amide bonds. The molecule has 1 aromatic heterocycles.